The fourth-order valence-electron chi connectivity index (χ4n) is 2.75. The molecule has 2 rings (SSSR count). The lowest BCUT2D eigenvalue weighted by atomic mass is 9.84. The molecule has 1 aliphatic rings. The maximum Gasteiger partial charge on any atom is 0.304 e. The average Bonchev–Trinajstić information content (AvgIpc) is 3.04. The number of thiophene rings is 1. The maximum absolute atomic E-state index is 12.3. The molecule has 118 valence electrons. The van der Waals surface area contributed by atoms with E-state index in [1.54, 1.807) is 0 Å². The van der Waals surface area contributed by atoms with Gasteiger partial charge in [0.2, 0.25) is 10.0 Å². The molecule has 1 fully saturated rings. The van der Waals surface area contributed by atoms with Crippen LogP contribution in [0.2, 0.25) is 0 Å². The van der Waals surface area contributed by atoms with Gasteiger partial charge in [0, 0.05) is 12.6 Å². The third-order valence-corrected chi connectivity index (χ3v) is 7.06. The SMILES string of the molecule is CCC1(CNS(=O)(=O)c2cc([N+](=O)[O-])c(N)s2)CCCC1. The Hall–Kier alpha value is -1.19. The number of anilines is 1. The molecule has 0 amide bonds. The van der Waals surface area contributed by atoms with Crippen LogP contribution in [-0.4, -0.2) is 19.9 Å². The second kappa shape index (κ2) is 5.90. The summed E-state index contributed by atoms with van der Waals surface area (Å²) >= 11 is 0.724. The van der Waals surface area contributed by atoms with Crippen molar-refractivity contribution in [3.05, 3.63) is 16.2 Å². The molecule has 1 aliphatic carbocycles. The Bertz CT molecular complexity index is 633. The lowest BCUT2D eigenvalue weighted by molar-refractivity contribution is -0.383. The van der Waals surface area contributed by atoms with Gasteiger partial charge in [-0.2, -0.15) is 0 Å². The minimum absolute atomic E-state index is 0.0157. The third-order valence-electron chi connectivity index (χ3n) is 4.23. The van der Waals surface area contributed by atoms with Gasteiger partial charge >= 0.3 is 5.69 Å². The van der Waals surface area contributed by atoms with Gasteiger partial charge in [-0.3, -0.25) is 10.1 Å². The summed E-state index contributed by atoms with van der Waals surface area (Å²) in [6, 6.07) is 1.02. The van der Waals surface area contributed by atoms with E-state index >= 15 is 0 Å². The Morgan fingerprint density at radius 1 is 1.48 bits per heavy atom. The van der Waals surface area contributed by atoms with E-state index in [-0.39, 0.29) is 20.3 Å². The lowest BCUT2D eigenvalue weighted by Gasteiger charge is -2.27. The van der Waals surface area contributed by atoms with Gasteiger partial charge in [0.25, 0.3) is 0 Å². The summed E-state index contributed by atoms with van der Waals surface area (Å²) in [5.41, 5.74) is 5.15. The van der Waals surface area contributed by atoms with Crippen LogP contribution in [-0.2, 0) is 10.0 Å². The van der Waals surface area contributed by atoms with Gasteiger partial charge in [-0.25, -0.2) is 13.1 Å². The summed E-state index contributed by atoms with van der Waals surface area (Å²) < 4.78 is 27.0. The van der Waals surface area contributed by atoms with Gasteiger partial charge in [-0.15, -0.1) is 0 Å². The van der Waals surface area contributed by atoms with Crippen LogP contribution >= 0.6 is 11.3 Å². The van der Waals surface area contributed by atoms with Crippen LogP contribution in [0.15, 0.2) is 10.3 Å². The number of hydrogen-bond acceptors (Lipinski definition) is 6. The number of nitro groups is 1. The molecule has 1 aromatic heterocycles. The van der Waals surface area contributed by atoms with Gasteiger partial charge in [-0.05, 0) is 24.7 Å². The summed E-state index contributed by atoms with van der Waals surface area (Å²) in [6.07, 6.45) is 5.18. The van der Waals surface area contributed by atoms with Crippen LogP contribution in [0.3, 0.4) is 0 Å². The second-order valence-electron chi connectivity index (χ2n) is 5.46. The van der Waals surface area contributed by atoms with Crippen molar-refractivity contribution >= 4 is 32.0 Å². The monoisotopic (exact) mass is 333 g/mol. The van der Waals surface area contributed by atoms with Gasteiger partial charge < -0.3 is 5.73 Å². The van der Waals surface area contributed by atoms with Crippen LogP contribution in [0.5, 0.6) is 0 Å². The molecule has 0 saturated heterocycles. The van der Waals surface area contributed by atoms with Gasteiger partial charge in [0.05, 0.1) is 4.92 Å². The van der Waals surface area contributed by atoms with E-state index in [0.717, 1.165) is 49.5 Å². The highest BCUT2D eigenvalue weighted by atomic mass is 32.2. The van der Waals surface area contributed by atoms with E-state index < -0.39 is 14.9 Å². The van der Waals surface area contributed by atoms with Crippen molar-refractivity contribution < 1.29 is 13.3 Å². The largest absolute Gasteiger partial charge is 0.385 e. The third kappa shape index (κ3) is 3.35. The topological polar surface area (TPSA) is 115 Å². The molecule has 0 atom stereocenters. The number of nitrogens with zero attached hydrogens (tertiary/aromatic N) is 1. The summed E-state index contributed by atoms with van der Waals surface area (Å²) in [7, 11) is -3.75. The minimum Gasteiger partial charge on any atom is -0.385 e. The van der Waals surface area contributed by atoms with Gasteiger partial charge in [-0.1, -0.05) is 31.1 Å². The molecule has 1 saturated carbocycles. The highest BCUT2D eigenvalue weighted by Gasteiger charge is 2.34. The molecular formula is C12H19N3O4S2. The Kier molecular flexibility index (Phi) is 4.54. The van der Waals surface area contributed by atoms with Crippen molar-refractivity contribution in [3.8, 4) is 0 Å². The van der Waals surface area contributed by atoms with Crippen molar-refractivity contribution in [2.75, 3.05) is 12.3 Å². The minimum atomic E-state index is -3.75. The molecule has 7 nitrogen and oxygen atoms in total. The first-order valence-corrected chi connectivity index (χ1v) is 9.13. The van der Waals surface area contributed by atoms with Crippen LogP contribution in [0.4, 0.5) is 10.7 Å². The fourth-order valence-corrected chi connectivity index (χ4v) is 5.16. The molecule has 0 aliphatic heterocycles. The number of rotatable bonds is 6. The van der Waals surface area contributed by atoms with E-state index in [1.165, 1.54) is 0 Å². The van der Waals surface area contributed by atoms with E-state index in [0.29, 0.717) is 6.54 Å². The quantitative estimate of drug-likeness (QED) is 0.613. The highest BCUT2D eigenvalue weighted by molar-refractivity contribution is 7.91. The second-order valence-corrected chi connectivity index (χ2v) is 8.53. The molecule has 0 bridgehead atoms. The van der Waals surface area contributed by atoms with E-state index in [2.05, 4.69) is 11.6 Å². The summed E-state index contributed by atoms with van der Waals surface area (Å²) in [5, 5.41) is 10.7. The molecule has 0 radical (unpaired) electrons. The summed E-state index contributed by atoms with van der Waals surface area (Å²) in [5.74, 6) is 0. The molecule has 21 heavy (non-hydrogen) atoms. The lowest BCUT2D eigenvalue weighted by Crippen LogP contribution is -2.35. The van der Waals surface area contributed by atoms with Crippen LogP contribution in [0, 0.1) is 15.5 Å². The predicted octanol–water partition coefficient (Wildman–Crippen LogP) is 2.49. The molecule has 1 heterocycles. The first-order valence-electron chi connectivity index (χ1n) is 6.83. The van der Waals surface area contributed by atoms with Crippen molar-refractivity contribution in [2.45, 2.75) is 43.2 Å². The highest BCUT2D eigenvalue weighted by Crippen LogP contribution is 2.41. The van der Waals surface area contributed by atoms with E-state index in [9.17, 15) is 18.5 Å². The average molecular weight is 333 g/mol. The van der Waals surface area contributed by atoms with Crippen LogP contribution < -0.4 is 10.5 Å². The zero-order valence-corrected chi connectivity index (χ0v) is 13.4. The number of nitrogens with one attached hydrogen (secondary N) is 1. The van der Waals surface area contributed by atoms with Crippen molar-refractivity contribution in [2.24, 2.45) is 5.41 Å². The van der Waals surface area contributed by atoms with Crippen molar-refractivity contribution in [1.82, 2.24) is 4.72 Å². The predicted molar refractivity (Wildman–Crippen MR) is 81.8 cm³/mol. The molecule has 1 aromatic rings. The smallest absolute Gasteiger partial charge is 0.304 e. The number of hydrogen-bond donors (Lipinski definition) is 2. The van der Waals surface area contributed by atoms with Gasteiger partial charge in [0.15, 0.2) is 5.00 Å². The first kappa shape index (κ1) is 16.2. The molecular weight excluding hydrogens is 314 g/mol. The molecule has 9 heteroatoms. The van der Waals surface area contributed by atoms with Gasteiger partial charge in [0.1, 0.15) is 4.21 Å². The Morgan fingerprint density at radius 3 is 2.57 bits per heavy atom. The molecule has 3 N–H and O–H groups in total. The summed E-state index contributed by atoms with van der Waals surface area (Å²) in [6.45, 7) is 2.44. The summed E-state index contributed by atoms with van der Waals surface area (Å²) in [4.78, 5) is 10.1. The number of nitrogens with two attached hydrogens (primary N) is 1. The normalized spacial score (nSPS) is 18.0. The zero-order valence-electron chi connectivity index (χ0n) is 11.8. The van der Waals surface area contributed by atoms with Crippen LogP contribution in [0.1, 0.15) is 39.0 Å². The number of sulfonamides is 1. The standard InChI is InChI=1S/C12H19N3O4S2/c1-2-12(5-3-4-6-12)8-14-21(18,19)10-7-9(15(16)17)11(13)20-10/h7,14H,2-6,8,13H2,1H3. The maximum atomic E-state index is 12.3. The number of nitrogen functional groups attached to an aromatic ring is 1. The first-order chi connectivity index (χ1) is 9.80. The molecule has 0 spiro atoms. The Balaban J connectivity index is 2.15. The Morgan fingerprint density at radius 2 is 2.10 bits per heavy atom. The van der Waals surface area contributed by atoms with E-state index in [1.807, 2.05) is 0 Å². The zero-order chi connectivity index (χ0) is 15.7. The van der Waals surface area contributed by atoms with E-state index in [4.69, 9.17) is 5.73 Å². The van der Waals surface area contributed by atoms with Crippen molar-refractivity contribution in [1.29, 1.82) is 0 Å². The van der Waals surface area contributed by atoms with Crippen LogP contribution in [0.25, 0.3) is 0 Å². The molecule has 0 unspecified atom stereocenters. The Labute approximate surface area is 127 Å². The molecule has 0 aromatic carbocycles. The fraction of sp³-hybridized carbons (Fsp3) is 0.667. The van der Waals surface area contributed by atoms with Crippen molar-refractivity contribution in [3.63, 3.8) is 0 Å².